The maximum atomic E-state index is 13.6. The molecule has 0 radical (unpaired) electrons. The van der Waals surface area contributed by atoms with Crippen LogP contribution < -0.4 is 20.5 Å². The molecule has 0 amide bonds. The Morgan fingerprint density at radius 2 is 1.78 bits per heavy atom. The van der Waals surface area contributed by atoms with Crippen molar-refractivity contribution in [2.24, 2.45) is 0 Å². The highest BCUT2D eigenvalue weighted by Crippen LogP contribution is 2.45. The summed E-state index contributed by atoms with van der Waals surface area (Å²) >= 11 is 0. The van der Waals surface area contributed by atoms with Crippen molar-refractivity contribution < 1.29 is 18.7 Å². The fourth-order valence-corrected chi connectivity index (χ4v) is 4.52. The Morgan fingerprint density at radius 1 is 1.06 bits per heavy atom. The average molecular weight is 435 g/mol. The molecule has 8 nitrogen and oxygen atoms in total. The fraction of sp³-hybridized carbons (Fsp3) is 0.261. The van der Waals surface area contributed by atoms with Gasteiger partial charge in [-0.05, 0) is 47.7 Å². The van der Waals surface area contributed by atoms with Gasteiger partial charge >= 0.3 is 0 Å². The molecule has 9 heteroatoms. The SMILES string of the molecule is COc1ccc([C@@H]2CC(=O)C3=C(C2)Nc2nc(N)nn2[C@H]3c2ccc(F)cc2)cc1OC. The number of benzene rings is 2. The first-order chi connectivity index (χ1) is 15.5. The van der Waals surface area contributed by atoms with Crippen molar-refractivity contribution in [2.75, 3.05) is 25.3 Å². The molecule has 0 unspecified atom stereocenters. The van der Waals surface area contributed by atoms with Crippen LogP contribution in [0, 0.1) is 5.82 Å². The summed E-state index contributed by atoms with van der Waals surface area (Å²) in [7, 11) is 3.17. The van der Waals surface area contributed by atoms with Crippen LogP contribution in [0.5, 0.6) is 11.5 Å². The molecule has 3 N–H and O–H groups in total. The van der Waals surface area contributed by atoms with Gasteiger partial charge in [-0.15, -0.1) is 5.10 Å². The van der Waals surface area contributed by atoms with Gasteiger partial charge in [-0.25, -0.2) is 9.07 Å². The number of rotatable bonds is 4. The Labute approximate surface area is 183 Å². The molecule has 5 rings (SSSR count). The summed E-state index contributed by atoms with van der Waals surface area (Å²) in [4.78, 5) is 17.7. The third kappa shape index (κ3) is 3.26. The van der Waals surface area contributed by atoms with Gasteiger partial charge in [0.1, 0.15) is 11.9 Å². The second-order valence-corrected chi connectivity index (χ2v) is 7.85. The van der Waals surface area contributed by atoms with E-state index in [2.05, 4.69) is 15.4 Å². The number of aromatic nitrogens is 3. The van der Waals surface area contributed by atoms with E-state index >= 15 is 0 Å². The number of nitrogens with two attached hydrogens (primary N) is 1. The normalized spacial score (nSPS) is 19.8. The molecule has 2 aromatic carbocycles. The zero-order valence-corrected chi connectivity index (χ0v) is 17.6. The van der Waals surface area contributed by atoms with E-state index < -0.39 is 6.04 Å². The molecule has 1 aliphatic heterocycles. The molecule has 1 aliphatic carbocycles. The Kier molecular flexibility index (Phi) is 4.80. The van der Waals surface area contributed by atoms with Crippen LogP contribution in [-0.2, 0) is 4.79 Å². The zero-order chi connectivity index (χ0) is 22.4. The minimum Gasteiger partial charge on any atom is -0.493 e. The Balaban J connectivity index is 1.57. The summed E-state index contributed by atoms with van der Waals surface area (Å²) in [6, 6.07) is 11.2. The van der Waals surface area contributed by atoms with E-state index in [9.17, 15) is 9.18 Å². The predicted molar refractivity (Wildman–Crippen MR) is 116 cm³/mol. The van der Waals surface area contributed by atoms with Gasteiger partial charge in [-0.1, -0.05) is 18.2 Å². The van der Waals surface area contributed by atoms with Crippen LogP contribution in [0.3, 0.4) is 0 Å². The molecule has 3 aromatic rings. The Bertz CT molecular complexity index is 1230. The lowest BCUT2D eigenvalue weighted by Gasteiger charge is -2.35. The summed E-state index contributed by atoms with van der Waals surface area (Å²) in [6.07, 6.45) is 0.925. The van der Waals surface area contributed by atoms with E-state index in [0.717, 1.165) is 16.8 Å². The number of carbonyl (C=O) groups is 1. The minimum atomic E-state index is -0.523. The molecule has 0 saturated heterocycles. The number of fused-ring (bicyclic) bond motifs is 1. The lowest BCUT2D eigenvalue weighted by atomic mass is 9.78. The maximum Gasteiger partial charge on any atom is 0.241 e. The van der Waals surface area contributed by atoms with Crippen LogP contribution in [0.1, 0.15) is 35.9 Å². The lowest BCUT2D eigenvalue weighted by Crippen LogP contribution is -2.33. The van der Waals surface area contributed by atoms with E-state index in [0.29, 0.717) is 35.9 Å². The van der Waals surface area contributed by atoms with Crippen LogP contribution in [0.2, 0.25) is 0 Å². The largest absolute Gasteiger partial charge is 0.493 e. The van der Waals surface area contributed by atoms with Crippen molar-refractivity contribution in [1.29, 1.82) is 0 Å². The predicted octanol–water partition coefficient (Wildman–Crippen LogP) is 3.43. The number of halogens is 1. The van der Waals surface area contributed by atoms with Crippen molar-refractivity contribution in [3.63, 3.8) is 0 Å². The quantitative estimate of drug-likeness (QED) is 0.647. The Morgan fingerprint density at radius 3 is 2.50 bits per heavy atom. The van der Waals surface area contributed by atoms with Crippen molar-refractivity contribution >= 4 is 17.7 Å². The molecule has 2 atom stereocenters. The molecule has 32 heavy (non-hydrogen) atoms. The standard InChI is InChI=1S/C23H22FN5O3/c1-31-18-8-5-13(11-19(18)32-2)14-9-16-20(17(30)10-14)21(12-3-6-15(24)7-4-12)29-23(26-16)27-22(25)28-29/h3-8,11,14,21H,9-10H2,1-2H3,(H3,25,26,27,28)/t14-,21-/m0/s1. The van der Waals surface area contributed by atoms with Crippen molar-refractivity contribution in [3.05, 3.63) is 70.7 Å². The number of ether oxygens (including phenoxy) is 2. The van der Waals surface area contributed by atoms with Crippen LogP contribution in [-0.4, -0.2) is 34.8 Å². The van der Waals surface area contributed by atoms with Gasteiger partial charge in [0.25, 0.3) is 0 Å². The monoisotopic (exact) mass is 435 g/mol. The number of nitrogens with zero attached hydrogens (tertiary/aromatic N) is 3. The molecule has 2 aliphatic rings. The van der Waals surface area contributed by atoms with E-state index in [-0.39, 0.29) is 23.5 Å². The molecule has 0 spiro atoms. The maximum absolute atomic E-state index is 13.6. The molecule has 2 heterocycles. The summed E-state index contributed by atoms with van der Waals surface area (Å²) in [5, 5.41) is 7.54. The summed E-state index contributed by atoms with van der Waals surface area (Å²) in [5.41, 5.74) is 8.95. The van der Waals surface area contributed by atoms with E-state index in [4.69, 9.17) is 15.2 Å². The highest BCUT2D eigenvalue weighted by Gasteiger charge is 2.39. The lowest BCUT2D eigenvalue weighted by molar-refractivity contribution is -0.116. The number of Topliss-reactive ketones (excluding diaryl/α,β-unsaturated/α-hetero) is 1. The number of hydrogen-bond acceptors (Lipinski definition) is 7. The summed E-state index contributed by atoms with van der Waals surface area (Å²) in [5.74, 6) is 1.40. The molecule has 0 bridgehead atoms. The number of nitrogens with one attached hydrogen (secondary N) is 1. The highest BCUT2D eigenvalue weighted by atomic mass is 19.1. The van der Waals surface area contributed by atoms with Gasteiger partial charge in [-0.3, -0.25) is 4.79 Å². The van der Waals surface area contributed by atoms with Crippen molar-refractivity contribution in [1.82, 2.24) is 14.8 Å². The number of hydrogen-bond donors (Lipinski definition) is 2. The first-order valence-electron chi connectivity index (χ1n) is 10.2. The smallest absolute Gasteiger partial charge is 0.241 e. The van der Waals surface area contributed by atoms with Crippen LogP contribution >= 0.6 is 0 Å². The first kappa shape index (κ1) is 20.0. The van der Waals surface area contributed by atoms with Gasteiger partial charge in [-0.2, -0.15) is 4.98 Å². The number of nitrogen functional groups attached to an aromatic ring is 1. The first-order valence-corrected chi connectivity index (χ1v) is 10.2. The van der Waals surface area contributed by atoms with Crippen LogP contribution in [0.4, 0.5) is 16.3 Å². The topological polar surface area (TPSA) is 104 Å². The summed E-state index contributed by atoms with van der Waals surface area (Å²) < 4.78 is 25.9. The minimum absolute atomic E-state index is 0.00687. The second-order valence-electron chi connectivity index (χ2n) is 7.85. The number of allylic oxidation sites excluding steroid dienone is 2. The van der Waals surface area contributed by atoms with E-state index in [1.807, 2.05) is 18.2 Å². The van der Waals surface area contributed by atoms with Gasteiger partial charge in [0.05, 0.1) is 14.2 Å². The third-order valence-corrected chi connectivity index (χ3v) is 6.00. The molecule has 1 aromatic heterocycles. The van der Waals surface area contributed by atoms with E-state index in [1.54, 1.807) is 31.0 Å². The van der Waals surface area contributed by atoms with Gasteiger partial charge in [0.2, 0.25) is 11.9 Å². The van der Waals surface area contributed by atoms with Gasteiger partial charge < -0.3 is 20.5 Å². The van der Waals surface area contributed by atoms with Crippen LogP contribution in [0.15, 0.2) is 53.7 Å². The molecule has 0 saturated carbocycles. The van der Waals surface area contributed by atoms with Crippen LogP contribution in [0.25, 0.3) is 0 Å². The number of carbonyl (C=O) groups excluding carboxylic acids is 1. The molecule has 0 fully saturated rings. The number of methoxy groups -OCH3 is 2. The number of anilines is 2. The second kappa shape index (κ2) is 7.67. The number of ketones is 1. The van der Waals surface area contributed by atoms with Gasteiger partial charge in [0, 0.05) is 17.7 Å². The third-order valence-electron chi connectivity index (χ3n) is 6.00. The van der Waals surface area contributed by atoms with Crippen molar-refractivity contribution in [3.8, 4) is 11.5 Å². The highest BCUT2D eigenvalue weighted by molar-refractivity contribution is 6.00. The average Bonchev–Trinajstić information content (AvgIpc) is 3.17. The van der Waals surface area contributed by atoms with Crippen molar-refractivity contribution in [2.45, 2.75) is 24.8 Å². The molecule has 164 valence electrons. The molecular weight excluding hydrogens is 413 g/mol. The summed E-state index contributed by atoms with van der Waals surface area (Å²) in [6.45, 7) is 0. The zero-order valence-electron chi connectivity index (χ0n) is 17.6. The van der Waals surface area contributed by atoms with Gasteiger partial charge in [0.15, 0.2) is 17.3 Å². The fourth-order valence-electron chi connectivity index (χ4n) is 4.52. The van der Waals surface area contributed by atoms with E-state index in [1.165, 1.54) is 12.1 Å². The Hall–Kier alpha value is -3.88. The molecular formula is C23H22FN5O3.